The monoisotopic (exact) mass is 301 g/mol. The van der Waals surface area contributed by atoms with Crippen LogP contribution in [-0.4, -0.2) is 50.0 Å². The Labute approximate surface area is 130 Å². The van der Waals surface area contributed by atoms with Crippen molar-refractivity contribution >= 4 is 0 Å². The molecule has 0 saturated carbocycles. The zero-order valence-electron chi connectivity index (χ0n) is 13.1. The second kappa shape index (κ2) is 5.85. The van der Waals surface area contributed by atoms with Gasteiger partial charge in [0.1, 0.15) is 5.82 Å². The maximum absolute atomic E-state index is 5.50. The highest BCUT2D eigenvalue weighted by Gasteiger charge is 2.32. The van der Waals surface area contributed by atoms with E-state index in [1.807, 2.05) is 29.3 Å². The van der Waals surface area contributed by atoms with Gasteiger partial charge in [0, 0.05) is 44.7 Å². The van der Waals surface area contributed by atoms with Gasteiger partial charge in [-0.1, -0.05) is 0 Å². The summed E-state index contributed by atoms with van der Waals surface area (Å²) in [5.41, 5.74) is 1.25. The summed E-state index contributed by atoms with van der Waals surface area (Å²) in [5.74, 6) is 1.19. The molecule has 1 fully saturated rings. The van der Waals surface area contributed by atoms with Gasteiger partial charge in [0.2, 0.25) is 0 Å². The van der Waals surface area contributed by atoms with Crippen LogP contribution in [0.5, 0.6) is 0 Å². The Hall–Kier alpha value is -1.66. The second-order valence-corrected chi connectivity index (χ2v) is 6.22. The molecule has 2 aromatic rings. The van der Waals surface area contributed by atoms with Crippen molar-refractivity contribution in [2.75, 3.05) is 19.8 Å². The second-order valence-electron chi connectivity index (χ2n) is 6.22. The van der Waals surface area contributed by atoms with Gasteiger partial charge in [-0.3, -0.25) is 9.58 Å². The maximum atomic E-state index is 5.50. The largest absolute Gasteiger partial charge is 0.381 e. The smallest absolute Gasteiger partial charge is 0.126 e. The first-order chi connectivity index (χ1) is 10.8. The minimum absolute atomic E-state index is 0.378. The highest BCUT2D eigenvalue weighted by molar-refractivity contribution is 5.12. The number of ether oxygens (including phenoxy) is 1. The number of imidazole rings is 1. The van der Waals surface area contributed by atoms with E-state index in [-0.39, 0.29) is 0 Å². The Kier molecular flexibility index (Phi) is 3.72. The summed E-state index contributed by atoms with van der Waals surface area (Å²) in [6.45, 7) is 6.99. The molecular formula is C16H23N5O. The third-order valence-electron chi connectivity index (χ3n) is 4.97. The summed E-state index contributed by atoms with van der Waals surface area (Å²) in [5, 5.41) is 4.30. The maximum Gasteiger partial charge on any atom is 0.126 e. The Balaban J connectivity index is 1.54. The van der Waals surface area contributed by atoms with E-state index in [9.17, 15) is 0 Å². The van der Waals surface area contributed by atoms with E-state index < -0.39 is 0 Å². The van der Waals surface area contributed by atoms with Crippen LogP contribution in [0.1, 0.15) is 37.3 Å². The molecule has 118 valence electrons. The first kappa shape index (κ1) is 14.0. The van der Waals surface area contributed by atoms with Crippen molar-refractivity contribution in [3.63, 3.8) is 0 Å². The Morgan fingerprint density at radius 1 is 1.27 bits per heavy atom. The Morgan fingerprint density at radius 3 is 2.91 bits per heavy atom. The van der Waals surface area contributed by atoms with Gasteiger partial charge in [0.25, 0.3) is 0 Å². The van der Waals surface area contributed by atoms with Crippen molar-refractivity contribution in [1.29, 1.82) is 0 Å². The van der Waals surface area contributed by atoms with Crippen LogP contribution in [0.15, 0.2) is 24.7 Å². The molecule has 0 N–H and O–H groups in total. The highest BCUT2D eigenvalue weighted by Crippen LogP contribution is 2.30. The number of hydrogen-bond acceptors (Lipinski definition) is 4. The van der Waals surface area contributed by atoms with E-state index >= 15 is 0 Å². The van der Waals surface area contributed by atoms with Crippen LogP contribution in [0.3, 0.4) is 0 Å². The van der Waals surface area contributed by atoms with Gasteiger partial charge in [0.15, 0.2) is 0 Å². The molecule has 0 unspecified atom stereocenters. The SMILES string of the molecule is C[C@@H]1c2ncc(Cn3cccn3)n2CCN1C1CCOCC1. The van der Waals surface area contributed by atoms with Crippen LogP contribution in [0.25, 0.3) is 0 Å². The number of nitrogens with zero attached hydrogens (tertiary/aromatic N) is 5. The molecule has 0 spiro atoms. The van der Waals surface area contributed by atoms with E-state index in [1.165, 1.54) is 11.5 Å². The molecule has 0 aromatic carbocycles. The molecule has 0 bridgehead atoms. The molecule has 0 amide bonds. The third kappa shape index (κ3) is 2.46. The highest BCUT2D eigenvalue weighted by atomic mass is 16.5. The van der Waals surface area contributed by atoms with E-state index in [0.717, 1.165) is 45.7 Å². The fraction of sp³-hybridized carbons (Fsp3) is 0.625. The summed E-state index contributed by atoms with van der Waals surface area (Å²) in [4.78, 5) is 7.33. The van der Waals surface area contributed by atoms with Crippen LogP contribution < -0.4 is 0 Å². The molecule has 0 radical (unpaired) electrons. The predicted molar refractivity (Wildman–Crippen MR) is 82.5 cm³/mol. The Bertz CT molecular complexity index is 615. The summed E-state index contributed by atoms with van der Waals surface area (Å²) in [6.07, 6.45) is 8.13. The molecule has 22 heavy (non-hydrogen) atoms. The van der Waals surface area contributed by atoms with Gasteiger partial charge < -0.3 is 9.30 Å². The summed E-state index contributed by atoms with van der Waals surface area (Å²) >= 11 is 0. The van der Waals surface area contributed by atoms with Crippen LogP contribution >= 0.6 is 0 Å². The number of rotatable bonds is 3. The van der Waals surface area contributed by atoms with Crippen molar-refractivity contribution in [2.45, 2.75) is 44.9 Å². The van der Waals surface area contributed by atoms with Gasteiger partial charge in [-0.2, -0.15) is 5.10 Å². The van der Waals surface area contributed by atoms with E-state index in [0.29, 0.717) is 12.1 Å². The van der Waals surface area contributed by atoms with E-state index in [2.05, 4.69) is 21.5 Å². The molecular weight excluding hydrogens is 278 g/mol. The van der Waals surface area contributed by atoms with Crippen molar-refractivity contribution in [2.24, 2.45) is 0 Å². The average Bonchev–Trinajstić information content (AvgIpc) is 3.20. The topological polar surface area (TPSA) is 48.1 Å². The zero-order valence-corrected chi connectivity index (χ0v) is 13.1. The van der Waals surface area contributed by atoms with Crippen LogP contribution in [0, 0.1) is 0 Å². The minimum Gasteiger partial charge on any atom is -0.381 e. The fourth-order valence-electron chi connectivity index (χ4n) is 3.78. The van der Waals surface area contributed by atoms with Crippen LogP contribution in [0.4, 0.5) is 0 Å². The van der Waals surface area contributed by atoms with Crippen LogP contribution in [0.2, 0.25) is 0 Å². The molecule has 4 heterocycles. The quantitative estimate of drug-likeness (QED) is 0.865. The van der Waals surface area contributed by atoms with E-state index in [4.69, 9.17) is 9.72 Å². The molecule has 4 rings (SSSR count). The average molecular weight is 301 g/mol. The van der Waals surface area contributed by atoms with Crippen LogP contribution in [-0.2, 0) is 17.8 Å². The molecule has 2 aliphatic rings. The van der Waals surface area contributed by atoms with Gasteiger partial charge in [-0.25, -0.2) is 4.98 Å². The zero-order chi connectivity index (χ0) is 14.9. The van der Waals surface area contributed by atoms with Crippen molar-refractivity contribution in [3.05, 3.63) is 36.2 Å². The fourth-order valence-corrected chi connectivity index (χ4v) is 3.78. The summed E-state index contributed by atoms with van der Waals surface area (Å²) in [6, 6.07) is 2.98. The predicted octanol–water partition coefficient (Wildman–Crippen LogP) is 1.68. The number of hydrogen-bond donors (Lipinski definition) is 0. The number of aromatic nitrogens is 4. The lowest BCUT2D eigenvalue weighted by molar-refractivity contribution is 0.00871. The number of fused-ring (bicyclic) bond motifs is 1. The summed E-state index contributed by atoms with van der Waals surface area (Å²) in [7, 11) is 0. The van der Waals surface area contributed by atoms with Gasteiger partial charge in [-0.05, 0) is 25.8 Å². The van der Waals surface area contributed by atoms with Gasteiger partial charge in [0.05, 0.1) is 24.5 Å². The Morgan fingerprint density at radius 2 is 2.14 bits per heavy atom. The summed E-state index contributed by atoms with van der Waals surface area (Å²) < 4.78 is 9.84. The molecule has 6 nitrogen and oxygen atoms in total. The molecule has 2 aromatic heterocycles. The molecule has 2 aliphatic heterocycles. The van der Waals surface area contributed by atoms with Crippen molar-refractivity contribution in [3.8, 4) is 0 Å². The van der Waals surface area contributed by atoms with E-state index in [1.54, 1.807) is 0 Å². The van der Waals surface area contributed by atoms with Gasteiger partial charge >= 0.3 is 0 Å². The molecule has 1 saturated heterocycles. The van der Waals surface area contributed by atoms with Gasteiger partial charge in [-0.15, -0.1) is 0 Å². The first-order valence-electron chi connectivity index (χ1n) is 8.18. The lowest BCUT2D eigenvalue weighted by Crippen LogP contribution is -2.46. The lowest BCUT2D eigenvalue weighted by atomic mass is 10.0. The molecule has 0 aliphatic carbocycles. The lowest BCUT2D eigenvalue weighted by Gasteiger charge is -2.41. The minimum atomic E-state index is 0.378. The first-order valence-corrected chi connectivity index (χ1v) is 8.18. The third-order valence-corrected chi connectivity index (χ3v) is 4.97. The van der Waals surface area contributed by atoms with Crippen molar-refractivity contribution in [1.82, 2.24) is 24.2 Å². The van der Waals surface area contributed by atoms with Crippen molar-refractivity contribution < 1.29 is 4.74 Å². The standard InChI is InChI=1S/C16H23N5O/c1-13-16-17-11-15(12-19-6-2-5-18-19)21(16)8-7-20(13)14-3-9-22-10-4-14/h2,5-6,11,13-14H,3-4,7-10,12H2,1H3/t13-/m1/s1. The molecule has 1 atom stereocenters. The molecule has 6 heteroatoms. The normalized spacial score (nSPS) is 23.6.